The van der Waals surface area contributed by atoms with Crippen LogP contribution in [-0.4, -0.2) is 17.6 Å². The summed E-state index contributed by atoms with van der Waals surface area (Å²) < 4.78 is 4.98. The van der Waals surface area contributed by atoms with Crippen LogP contribution in [0.3, 0.4) is 0 Å². The van der Waals surface area contributed by atoms with Gasteiger partial charge in [-0.1, -0.05) is 0 Å². The van der Waals surface area contributed by atoms with E-state index < -0.39 is 0 Å². The molecule has 17 heavy (non-hydrogen) atoms. The van der Waals surface area contributed by atoms with Gasteiger partial charge in [-0.2, -0.15) is 0 Å². The Labute approximate surface area is 99.8 Å². The summed E-state index contributed by atoms with van der Waals surface area (Å²) in [5.41, 5.74) is 5.01. The Kier molecular flexibility index (Phi) is 2.39. The lowest BCUT2D eigenvalue weighted by Gasteiger charge is -2.18. The number of carbonyl (C=O) groups is 1. The minimum atomic E-state index is -0.156. The van der Waals surface area contributed by atoms with Gasteiger partial charge in [0, 0.05) is 17.1 Å². The third-order valence-electron chi connectivity index (χ3n) is 3.39. The lowest BCUT2D eigenvalue weighted by atomic mass is 9.87. The lowest BCUT2D eigenvalue weighted by molar-refractivity contribution is -0.142. The molecule has 3 rings (SSSR count). The summed E-state index contributed by atoms with van der Waals surface area (Å²) in [6.07, 6.45) is 4.61. The molecule has 0 radical (unpaired) electrons. The standard InChI is InChI=1S/C14H15NO2/c1-2-17-14(16)7-11-8-15-13-6-10-4-3-9(10)5-12(11)13/h5-6,8,15H,2-4,7H2,1H3. The highest BCUT2D eigenvalue weighted by Crippen LogP contribution is 2.29. The van der Waals surface area contributed by atoms with Gasteiger partial charge in [0.25, 0.3) is 0 Å². The van der Waals surface area contributed by atoms with Gasteiger partial charge in [0.15, 0.2) is 0 Å². The van der Waals surface area contributed by atoms with Crippen molar-refractivity contribution in [1.82, 2.24) is 4.98 Å². The zero-order valence-electron chi connectivity index (χ0n) is 9.88. The number of aromatic nitrogens is 1. The van der Waals surface area contributed by atoms with Crippen molar-refractivity contribution < 1.29 is 9.53 Å². The lowest BCUT2D eigenvalue weighted by Crippen LogP contribution is -2.09. The molecule has 1 N–H and O–H groups in total. The van der Waals surface area contributed by atoms with E-state index in [0.717, 1.165) is 22.9 Å². The van der Waals surface area contributed by atoms with Gasteiger partial charge < -0.3 is 9.72 Å². The first-order valence-corrected chi connectivity index (χ1v) is 6.05. The van der Waals surface area contributed by atoms with Crippen molar-refractivity contribution in [3.63, 3.8) is 0 Å². The highest BCUT2D eigenvalue weighted by Gasteiger charge is 2.16. The first kappa shape index (κ1) is 10.4. The van der Waals surface area contributed by atoms with E-state index in [1.807, 2.05) is 13.1 Å². The molecule has 1 aromatic heterocycles. The van der Waals surface area contributed by atoms with E-state index in [0.29, 0.717) is 13.0 Å². The maximum Gasteiger partial charge on any atom is 0.310 e. The fourth-order valence-corrected chi connectivity index (χ4v) is 2.39. The second-order valence-electron chi connectivity index (χ2n) is 4.46. The summed E-state index contributed by atoms with van der Waals surface area (Å²) >= 11 is 0. The molecule has 88 valence electrons. The van der Waals surface area contributed by atoms with Gasteiger partial charge in [-0.05, 0) is 48.6 Å². The average Bonchev–Trinajstić information content (AvgIpc) is 2.64. The minimum absolute atomic E-state index is 0.156. The fourth-order valence-electron chi connectivity index (χ4n) is 2.39. The second-order valence-corrected chi connectivity index (χ2v) is 4.46. The van der Waals surface area contributed by atoms with Crippen LogP contribution in [0.5, 0.6) is 0 Å². The van der Waals surface area contributed by atoms with Crippen LogP contribution in [0, 0.1) is 0 Å². The van der Waals surface area contributed by atoms with Crippen molar-refractivity contribution in [2.75, 3.05) is 6.61 Å². The van der Waals surface area contributed by atoms with Gasteiger partial charge in [0.2, 0.25) is 0 Å². The summed E-state index contributed by atoms with van der Waals surface area (Å²) in [5, 5.41) is 1.16. The molecule has 0 atom stereocenters. The van der Waals surface area contributed by atoms with Crippen LogP contribution in [-0.2, 0) is 28.8 Å². The predicted molar refractivity (Wildman–Crippen MR) is 66.0 cm³/mol. The summed E-state index contributed by atoms with van der Waals surface area (Å²) in [7, 11) is 0. The number of carbonyl (C=O) groups excluding carboxylic acids is 1. The largest absolute Gasteiger partial charge is 0.466 e. The van der Waals surface area contributed by atoms with E-state index in [-0.39, 0.29) is 5.97 Å². The van der Waals surface area contributed by atoms with Crippen molar-refractivity contribution in [2.24, 2.45) is 0 Å². The molecule has 1 aliphatic rings. The molecular weight excluding hydrogens is 214 g/mol. The van der Waals surface area contributed by atoms with E-state index >= 15 is 0 Å². The molecule has 1 aromatic carbocycles. The summed E-state index contributed by atoms with van der Waals surface area (Å²) in [6, 6.07) is 4.40. The van der Waals surface area contributed by atoms with Crippen LogP contribution in [0.25, 0.3) is 10.9 Å². The molecule has 0 spiro atoms. The Morgan fingerprint density at radius 1 is 1.35 bits per heavy atom. The molecule has 0 bridgehead atoms. The third-order valence-corrected chi connectivity index (χ3v) is 3.39. The van der Waals surface area contributed by atoms with Gasteiger partial charge in [0.05, 0.1) is 13.0 Å². The molecule has 3 nitrogen and oxygen atoms in total. The van der Waals surface area contributed by atoms with E-state index in [1.165, 1.54) is 17.5 Å². The van der Waals surface area contributed by atoms with E-state index in [2.05, 4.69) is 17.1 Å². The monoisotopic (exact) mass is 229 g/mol. The van der Waals surface area contributed by atoms with Gasteiger partial charge >= 0.3 is 5.97 Å². The normalized spacial score (nSPS) is 13.2. The van der Waals surface area contributed by atoms with Crippen molar-refractivity contribution in [1.29, 1.82) is 0 Å². The summed E-state index contributed by atoms with van der Waals surface area (Å²) in [4.78, 5) is 14.7. The number of aromatic amines is 1. The van der Waals surface area contributed by atoms with E-state index in [4.69, 9.17) is 4.74 Å². The highest BCUT2D eigenvalue weighted by molar-refractivity contribution is 5.89. The maximum absolute atomic E-state index is 11.5. The Morgan fingerprint density at radius 2 is 2.12 bits per heavy atom. The minimum Gasteiger partial charge on any atom is -0.466 e. The van der Waals surface area contributed by atoms with Crippen LogP contribution < -0.4 is 0 Å². The number of nitrogens with one attached hydrogen (secondary N) is 1. The zero-order chi connectivity index (χ0) is 11.8. The van der Waals surface area contributed by atoms with Gasteiger partial charge in [-0.25, -0.2) is 0 Å². The van der Waals surface area contributed by atoms with Gasteiger partial charge in [-0.3, -0.25) is 4.79 Å². The molecule has 0 saturated carbocycles. The second kappa shape index (κ2) is 3.91. The summed E-state index contributed by atoms with van der Waals surface area (Å²) in [5.74, 6) is -0.156. The molecule has 0 fully saturated rings. The number of esters is 1. The van der Waals surface area contributed by atoms with Crippen LogP contribution in [0.15, 0.2) is 18.3 Å². The molecule has 2 aromatic rings. The Balaban J connectivity index is 1.95. The average molecular weight is 229 g/mol. The van der Waals surface area contributed by atoms with E-state index in [9.17, 15) is 4.79 Å². The molecule has 3 heteroatoms. The first-order valence-electron chi connectivity index (χ1n) is 6.05. The number of ether oxygens (including phenoxy) is 1. The van der Waals surface area contributed by atoms with E-state index in [1.54, 1.807) is 0 Å². The van der Waals surface area contributed by atoms with Crippen molar-refractivity contribution in [3.8, 4) is 0 Å². The molecular formula is C14H15NO2. The van der Waals surface area contributed by atoms with Crippen LogP contribution >= 0.6 is 0 Å². The van der Waals surface area contributed by atoms with Crippen molar-refractivity contribution in [3.05, 3.63) is 35.0 Å². The SMILES string of the molecule is CCOC(=O)Cc1c[nH]c2cc3c(cc12)CC3. The van der Waals surface area contributed by atoms with Crippen LogP contribution in [0.2, 0.25) is 0 Å². The topological polar surface area (TPSA) is 42.1 Å². The molecule has 0 unspecified atom stereocenters. The first-order chi connectivity index (χ1) is 8.28. The molecule has 0 saturated heterocycles. The third kappa shape index (κ3) is 1.71. The number of rotatable bonds is 3. The highest BCUT2D eigenvalue weighted by atomic mass is 16.5. The summed E-state index contributed by atoms with van der Waals surface area (Å²) in [6.45, 7) is 2.27. The van der Waals surface area contributed by atoms with Gasteiger partial charge in [0.1, 0.15) is 0 Å². The Bertz CT molecular complexity index is 583. The number of hydrogen-bond acceptors (Lipinski definition) is 2. The van der Waals surface area contributed by atoms with Crippen molar-refractivity contribution >= 4 is 16.9 Å². The Hall–Kier alpha value is -1.77. The Morgan fingerprint density at radius 3 is 2.82 bits per heavy atom. The number of aryl methyl sites for hydroxylation is 2. The van der Waals surface area contributed by atoms with Gasteiger partial charge in [-0.15, -0.1) is 0 Å². The quantitative estimate of drug-likeness (QED) is 0.821. The smallest absolute Gasteiger partial charge is 0.310 e. The number of fused-ring (bicyclic) bond motifs is 2. The molecule has 1 heterocycles. The van der Waals surface area contributed by atoms with Crippen LogP contribution in [0.1, 0.15) is 23.6 Å². The number of benzene rings is 1. The predicted octanol–water partition coefficient (Wildman–Crippen LogP) is 2.37. The molecule has 1 aliphatic carbocycles. The fraction of sp³-hybridized carbons (Fsp3) is 0.357. The number of H-pyrrole nitrogens is 1. The van der Waals surface area contributed by atoms with Crippen LogP contribution in [0.4, 0.5) is 0 Å². The molecule has 0 aliphatic heterocycles. The van der Waals surface area contributed by atoms with Crippen molar-refractivity contribution in [2.45, 2.75) is 26.2 Å². The molecule has 0 amide bonds. The number of hydrogen-bond donors (Lipinski definition) is 1. The maximum atomic E-state index is 11.5. The zero-order valence-corrected chi connectivity index (χ0v) is 9.88.